The largest absolute Gasteiger partial charge is 0.480 e. The molecule has 6 heteroatoms. The molecule has 17 heavy (non-hydrogen) atoms. The first-order valence-corrected chi connectivity index (χ1v) is 6.01. The lowest BCUT2D eigenvalue weighted by Crippen LogP contribution is -2.41. The van der Waals surface area contributed by atoms with Crippen molar-refractivity contribution in [1.82, 2.24) is 5.32 Å². The number of carbonyl (C=O) groups excluding carboxylic acids is 1. The van der Waals surface area contributed by atoms with Gasteiger partial charge in [0, 0.05) is 22.8 Å². The Morgan fingerprint density at radius 1 is 1.53 bits per heavy atom. The first-order valence-electron chi connectivity index (χ1n) is 4.84. The second-order valence-corrected chi connectivity index (χ2v) is 4.85. The molecule has 1 atom stereocenters. The summed E-state index contributed by atoms with van der Waals surface area (Å²) < 4.78 is 0.809. The Morgan fingerprint density at radius 2 is 2.18 bits per heavy atom. The maximum atomic E-state index is 11.0. The number of carboxylic acid groups (broad SMARTS) is 1. The van der Waals surface area contributed by atoms with Crippen molar-refractivity contribution in [2.24, 2.45) is 0 Å². The highest BCUT2D eigenvalue weighted by Gasteiger charge is 2.20. The molecule has 92 valence electrons. The molecular formula is C11H11BrClNO3. The van der Waals surface area contributed by atoms with Gasteiger partial charge in [0.15, 0.2) is 0 Å². The van der Waals surface area contributed by atoms with Crippen LogP contribution in [0.25, 0.3) is 0 Å². The monoisotopic (exact) mass is 319 g/mol. The van der Waals surface area contributed by atoms with Crippen molar-refractivity contribution in [1.29, 1.82) is 0 Å². The fourth-order valence-electron chi connectivity index (χ4n) is 1.37. The van der Waals surface area contributed by atoms with Crippen molar-refractivity contribution < 1.29 is 14.7 Å². The smallest absolute Gasteiger partial charge is 0.326 e. The number of hydrogen-bond donors (Lipinski definition) is 2. The molecule has 2 N–H and O–H groups in total. The van der Waals surface area contributed by atoms with Crippen LogP contribution in [0.2, 0.25) is 5.02 Å². The van der Waals surface area contributed by atoms with Gasteiger partial charge in [0.1, 0.15) is 6.04 Å². The second-order valence-electron chi connectivity index (χ2n) is 3.53. The van der Waals surface area contributed by atoms with Gasteiger partial charge in [-0.25, -0.2) is 4.79 Å². The first kappa shape index (κ1) is 14.0. The third kappa shape index (κ3) is 4.36. The van der Waals surface area contributed by atoms with E-state index in [-0.39, 0.29) is 12.3 Å². The normalized spacial score (nSPS) is 11.9. The Kier molecular flexibility index (Phi) is 4.96. The number of nitrogens with one attached hydrogen (secondary N) is 1. The lowest BCUT2D eigenvalue weighted by molar-refractivity contribution is -0.141. The highest BCUT2D eigenvalue weighted by Crippen LogP contribution is 2.22. The molecule has 4 nitrogen and oxygen atoms in total. The quantitative estimate of drug-likeness (QED) is 0.894. The van der Waals surface area contributed by atoms with E-state index in [4.69, 9.17) is 16.7 Å². The van der Waals surface area contributed by atoms with Crippen LogP contribution >= 0.6 is 27.5 Å². The summed E-state index contributed by atoms with van der Waals surface area (Å²) in [5, 5.41) is 11.8. The Bertz CT molecular complexity index is 450. The highest BCUT2D eigenvalue weighted by molar-refractivity contribution is 9.10. The average molecular weight is 321 g/mol. The summed E-state index contributed by atoms with van der Waals surface area (Å²) in [4.78, 5) is 21.9. The lowest BCUT2D eigenvalue weighted by atomic mass is 10.1. The summed E-state index contributed by atoms with van der Waals surface area (Å²) in [5.74, 6) is -1.47. The van der Waals surface area contributed by atoms with Gasteiger partial charge in [-0.2, -0.15) is 0 Å². The number of aliphatic carboxylic acids is 1. The predicted octanol–water partition coefficient (Wildman–Crippen LogP) is 2.23. The van der Waals surface area contributed by atoms with Crippen LogP contribution in [0.1, 0.15) is 12.5 Å². The van der Waals surface area contributed by atoms with Crippen molar-refractivity contribution in [3.8, 4) is 0 Å². The summed E-state index contributed by atoms with van der Waals surface area (Å²) in [6, 6.07) is 4.20. The summed E-state index contributed by atoms with van der Waals surface area (Å²) in [5.41, 5.74) is 0.669. The fourth-order valence-corrected chi connectivity index (χ4v) is 1.97. The molecule has 0 bridgehead atoms. The minimum absolute atomic E-state index is 0.146. The molecular weight excluding hydrogens is 309 g/mol. The van der Waals surface area contributed by atoms with E-state index in [2.05, 4.69) is 21.2 Å². The van der Waals surface area contributed by atoms with Gasteiger partial charge in [0.05, 0.1) is 0 Å². The Balaban J connectivity index is 2.89. The minimum atomic E-state index is -1.09. The Hall–Kier alpha value is -1.07. The lowest BCUT2D eigenvalue weighted by Gasteiger charge is -2.14. The summed E-state index contributed by atoms with van der Waals surface area (Å²) in [7, 11) is 0. The maximum Gasteiger partial charge on any atom is 0.326 e. The van der Waals surface area contributed by atoms with Crippen LogP contribution in [0.3, 0.4) is 0 Å². The summed E-state index contributed by atoms with van der Waals surface area (Å²) in [6.45, 7) is 1.28. The van der Waals surface area contributed by atoms with Gasteiger partial charge in [-0.3, -0.25) is 4.79 Å². The first-order chi connectivity index (χ1) is 7.90. The van der Waals surface area contributed by atoms with Gasteiger partial charge < -0.3 is 10.4 Å². The standard InChI is InChI=1S/C11H11BrClNO3/c1-6(15)14-10(11(16)17)5-7-4-8(12)2-3-9(7)13/h2-4,10H,5H2,1H3,(H,14,15)(H,16,17). The molecule has 0 radical (unpaired) electrons. The molecule has 0 aromatic heterocycles. The topological polar surface area (TPSA) is 66.4 Å². The molecule has 0 aliphatic heterocycles. The maximum absolute atomic E-state index is 11.0. The Labute approximate surface area is 112 Å². The molecule has 0 saturated heterocycles. The molecule has 0 saturated carbocycles. The van der Waals surface area contributed by atoms with Crippen molar-refractivity contribution in [3.05, 3.63) is 33.3 Å². The van der Waals surface area contributed by atoms with Gasteiger partial charge in [-0.05, 0) is 23.8 Å². The molecule has 1 rings (SSSR count). The van der Waals surface area contributed by atoms with Crippen molar-refractivity contribution in [2.75, 3.05) is 0 Å². The summed E-state index contributed by atoms with van der Waals surface area (Å²) >= 11 is 9.24. The van der Waals surface area contributed by atoms with E-state index in [1.807, 2.05) is 0 Å². The molecule has 0 spiro atoms. The minimum Gasteiger partial charge on any atom is -0.480 e. The van der Waals surface area contributed by atoms with E-state index in [1.54, 1.807) is 18.2 Å². The zero-order chi connectivity index (χ0) is 13.0. The Morgan fingerprint density at radius 3 is 2.71 bits per heavy atom. The van der Waals surface area contributed by atoms with E-state index in [0.29, 0.717) is 10.6 Å². The summed E-state index contributed by atoms with van der Waals surface area (Å²) in [6.07, 6.45) is 0.146. The number of carbonyl (C=O) groups is 2. The van der Waals surface area contributed by atoms with E-state index in [0.717, 1.165) is 4.47 Å². The molecule has 0 heterocycles. The number of rotatable bonds is 4. The predicted molar refractivity (Wildman–Crippen MR) is 68.1 cm³/mol. The number of amides is 1. The second kappa shape index (κ2) is 6.02. The van der Waals surface area contributed by atoms with Gasteiger partial charge in [-0.1, -0.05) is 27.5 Å². The van der Waals surface area contributed by atoms with E-state index < -0.39 is 12.0 Å². The number of hydrogen-bond acceptors (Lipinski definition) is 2. The van der Waals surface area contributed by atoms with Crippen LogP contribution in [0, 0.1) is 0 Å². The highest BCUT2D eigenvalue weighted by atomic mass is 79.9. The molecule has 0 fully saturated rings. The third-order valence-corrected chi connectivity index (χ3v) is 2.97. The van der Waals surface area contributed by atoms with E-state index >= 15 is 0 Å². The molecule has 1 aromatic rings. The molecule has 0 aliphatic carbocycles. The molecule has 0 aliphatic rings. The van der Waals surface area contributed by atoms with Crippen molar-refractivity contribution in [2.45, 2.75) is 19.4 Å². The van der Waals surface area contributed by atoms with Crippen LogP contribution in [0.5, 0.6) is 0 Å². The van der Waals surface area contributed by atoms with Crippen LogP contribution in [-0.2, 0) is 16.0 Å². The molecule has 1 amide bonds. The fraction of sp³-hybridized carbons (Fsp3) is 0.273. The van der Waals surface area contributed by atoms with Gasteiger partial charge in [-0.15, -0.1) is 0 Å². The number of halogens is 2. The van der Waals surface area contributed by atoms with Gasteiger partial charge in [0.2, 0.25) is 5.91 Å². The third-order valence-electron chi connectivity index (χ3n) is 2.11. The van der Waals surface area contributed by atoms with Crippen LogP contribution in [-0.4, -0.2) is 23.0 Å². The van der Waals surface area contributed by atoms with Crippen molar-refractivity contribution >= 4 is 39.4 Å². The zero-order valence-corrected chi connectivity index (χ0v) is 11.4. The average Bonchev–Trinajstić information content (AvgIpc) is 2.21. The van der Waals surface area contributed by atoms with Crippen LogP contribution in [0.4, 0.5) is 0 Å². The molecule has 1 aromatic carbocycles. The number of carboxylic acids is 1. The van der Waals surface area contributed by atoms with Crippen molar-refractivity contribution in [3.63, 3.8) is 0 Å². The van der Waals surface area contributed by atoms with Gasteiger partial charge >= 0.3 is 5.97 Å². The number of benzene rings is 1. The van der Waals surface area contributed by atoms with Crippen LogP contribution in [0.15, 0.2) is 22.7 Å². The SMILES string of the molecule is CC(=O)NC(Cc1cc(Br)ccc1Cl)C(=O)O. The van der Waals surface area contributed by atoms with E-state index in [9.17, 15) is 9.59 Å². The van der Waals surface area contributed by atoms with Crippen LogP contribution < -0.4 is 5.32 Å². The molecule has 1 unspecified atom stereocenters. The van der Waals surface area contributed by atoms with E-state index in [1.165, 1.54) is 6.92 Å². The van der Waals surface area contributed by atoms with Gasteiger partial charge in [0.25, 0.3) is 0 Å². The zero-order valence-electron chi connectivity index (χ0n) is 9.04.